The number of hydrogen-bond acceptors (Lipinski definition) is 2. The van der Waals surface area contributed by atoms with Crippen molar-refractivity contribution in [2.24, 2.45) is 5.11 Å². The molecular weight excluding hydrogens is 240 g/mol. The molecule has 0 spiro atoms. The number of nitrogens with zero attached hydrogens (tertiary/aromatic N) is 3. The lowest BCUT2D eigenvalue weighted by Gasteiger charge is -2.03. The van der Waals surface area contributed by atoms with Gasteiger partial charge < -0.3 is 9.72 Å². The summed E-state index contributed by atoms with van der Waals surface area (Å²) < 4.78 is 5.53. The summed E-state index contributed by atoms with van der Waals surface area (Å²) in [6.45, 7) is 0.719. The number of rotatable bonds is 4. The van der Waals surface area contributed by atoms with E-state index in [4.69, 9.17) is 10.3 Å². The molecule has 1 N–H and O–H groups in total. The van der Waals surface area contributed by atoms with E-state index in [1.54, 1.807) is 0 Å². The first kappa shape index (κ1) is 11.4. The van der Waals surface area contributed by atoms with E-state index in [1.165, 1.54) is 10.8 Å². The molecule has 5 heteroatoms. The Morgan fingerprint density at radius 2 is 1.95 bits per heavy atom. The highest BCUT2D eigenvalue weighted by molar-refractivity contribution is 6.07. The third-order valence-corrected chi connectivity index (χ3v) is 3.00. The maximum atomic E-state index is 8.18. The fourth-order valence-corrected chi connectivity index (χ4v) is 2.17. The molecule has 0 atom stereocenters. The highest BCUT2D eigenvalue weighted by Gasteiger charge is 2.04. The SMILES string of the molecule is [N-]=[N+]=NCCOc1ccc2c(c1)[nH]c1ccccc12. The molecule has 0 radical (unpaired) electrons. The topological polar surface area (TPSA) is 73.8 Å². The predicted octanol–water partition coefficient (Wildman–Crippen LogP) is 4.01. The van der Waals surface area contributed by atoms with Crippen LogP contribution >= 0.6 is 0 Å². The second-order valence-electron chi connectivity index (χ2n) is 4.18. The third-order valence-electron chi connectivity index (χ3n) is 3.00. The smallest absolute Gasteiger partial charge is 0.121 e. The third kappa shape index (κ3) is 2.19. The van der Waals surface area contributed by atoms with E-state index in [1.807, 2.05) is 30.3 Å². The van der Waals surface area contributed by atoms with Gasteiger partial charge in [0.1, 0.15) is 5.75 Å². The molecule has 1 aromatic heterocycles. The fraction of sp³-hybridized carbons (Fsp3) is 0.143. The molecule has 94 valence electrons. The Kier molecular flexibility index (Phi) is 2.96. The lowest BCUT2D eigenvalue weighted by atomic mass is 10.1. The number of fused-ring (bicyclic) bond motifs is 3. The van der Waals surface area contributed by atoms with E-state index < -0.39 is 0 Å². The minimum atomic E-state index is 0.335. The van der Waals surface area contributed by atoms with Crippen LogP contribution in [0.4, 0.5) is 0 Å². The first-order valence-corrected chi connectivity index (χ1v) is 6.02. The standard InChI is InChI=1S/C14H12N4O/c15-18-16-7-8-19-10-5-6-12-11-3-1-2-4-13(11)17-14(12)9-10/h1-6,9,17H,7-8H2. The van der Waals surface area contributed by atoms with E-state index in [0.717, 1.165) is 16.8 Å². The quantitative estimate of drug-likeness (QED) is 0.324. The monoisotopic (exact) mass is 252 g/mol. The Labute approximate surface area is 109 Å². The maximum absolute atomic E-state index is 8.18. The molecule has 0 saturated carbocycles. The van der Waals surface area contributed by atoms with Crippen LogP contribution in [0.2, 0.25) is 0 Å². The van der Waals surface area contributed by atoms with E-state index in [9.17, 15) is 0 Å². The minimum absolute atomic E-state index is 0.335. The molecule has 19 heavy (non-hydrogen) atoms. The minimum Gasteiger partial charge on any atom is -0.493 e. The van der Waals surface area contributed by atoms with Gasteiger partial charge >= 0.3 is 0 Å². The van der Waals surface area contributed by atoms with Crippen molar-refractivity contribution in [3.8, 4) is 5.75 Å². The van der Waals surface area contributed by atoms with Crippen LogP contribution in [0, 0.1) is 0 Å². The Balaban J connectivity index is 1.92. The van der Waals surface area contributed by atoms with Gasteiger partial charge in [-0.15, -0.1) is 0 Å². The Hall–Kier alpha value is -2.65. The van der Waals surface area contributed by atoms with Gasteiger partial charge in [-0.1, -0.05) is 23.3 Å². The molecule has 3 rings (SSSR count). The van der Waals surface area contributed by atoms with Gasteiger partial charge in [0, 0.05) is 27.3 Å². The summed E-state index contributed by atoms with van der Waals surface area (Å²) in [5.41, 5.74) is 10.3. The van der Waals surface area contributed by atoms with E-state index >= 15 is 0 Å². The van der Waals surface area contributed by atoms with E-state index in [-0.39, 0.29) is 0 Å². The van der Waals surface area contributed by atoms with Crippen molar-refractivity contribution in [3.05, 3.63) is 52.9 Å². The second kappa shape index (κ2) is 4.92. The van der Waals surface area contributed by atoms with Gasteiger partial charge in [-0.2, -0.15) is 0 Å². The molecular formula is C14H12N4O. The van der Waals surface area contributed by atoms with Gasteiger partial charge in [-0.25, -0.2) is 0 Å². The van der Waals surface area contributed by atoms with Crippen molar-refractivity contribution in [2.45, 2.75) is 0 Å². The highest BCUT2D eigenvalue weighted by Crippen LogP contribution is 2.27. The Bertz CT molecular complexity index is 771. The van der Waals surface area contributed by atoms with Crippen LogP contribution in [0.3, 0.4) is 0 Å². The number of hydrogen-bond donors (Lipinski definition) is 1. The van der Waals surface area contributed by atoms with Crippen molar-refractivity contribution < 1.29 is 4.74 Å². The first-order chi connectivity index (χ1) is 9.38. The van der Waals surface area contributed by atoms with E-state index in [0.29, 0.717) is 13.2 Å². The molecule has 3 aromatic rings. The van der Waals surface area contributed by atoms with Gasteiger partial charge in [0.25, 0.3) is 0 Å². The molecule has 0 saturated heterocycles. The summed E-state index contributed by atoms with van der Waals surface area (Å²) in [4.78, 5) is 6.04. The molecule has 0 unspecified atom stereocenters. The number of aromatic amines is 1. The van der Waals surface area contributed by atoms with Crippen LogP contribution in [0.25, 0.3) is 32.2 Å². The second-order valence-corrected chi connectivity index (χ2v) is 4.18. The number of ether oxygens (including phenoxy) is 1. The van der Waals surface area contributed by atoms with Crippen LogP contribution < -0.4 is 4.74 Å². The molecule has 2 aromatic carbocycles. The summed E-state index contributed by atoms with van der Waals surface area (Å²) in [7, 11) is 0. The molecule has 0 fully saturated rings. The summed E-state index contributed by atoms with van der Waals surface area (Å²) >= 11 is 0. The summed E-state index contributed by atoms with van der Waals surface area (Å²) in [5, 5.41) is 5.82. The van der Waals surface area contributed by atoms with E-state index in [2.05, 4.69) is 27.1 Å². The molecule has 0 amide bonds. The van der Waals surface area contributed by atoms with Crippen molar-refractivity contribution in [1.29, 1.82) is 0 Å². The highest BCUT2D eigenvalue weighted by atomic mass is 16.5. The Morgan fingerprint density at radius 3 is 2.84 bits per heavy atom. The Morgan fingerprint density at radius 1 is 1.11 bits per heavy atom. The summed E-state index contributed by atoms with van der Waals surface area (Å²) in [5.74, 6) is 0.771. The zero-order valence-corrected chi connectivity index (χ0v) is 10.2. The summed E-state index contributed by atoms with van der Waals surface area (Å²) in [6.07, 6.45) is 0. The molecule has 0 bridgehead atoms. The predicted molar refractivity (Wildman–Crippen MR) is 75.3 cm³/mol. The van der Waals surface area contributed by atoms with Crippen LogP contribution in [-0.2, 0) is 0 Å². The molecule has 0 aliphatic rings. The van der Waals surface area contributed by atoms with Crippen LogP contribution in [0.5, 0.6) is 5.75 Å². The van der Waals surface area contributed by atoms with Gasteiger partial charge in [0.15, 0.2) is 0 Å². The number of azide groups is 1. The number of H-pyrrole nitrogens is 1. The zero-order chi connectivity index (χ0) is 13.1. The molecule has 5 nitrogen and oxygen atoms in total. The fourth-order valence-electron chi connectivity index (χ4n) is 2.17. The van der Waals surface area contributed by atoms with Gasteiger partial charge in [-0.3, -0.25) is 0 Å². The first-order valence-electron chi connectivity index (χ1n) is 6.02. The van der Waals surface area contributed by atoms with Gasteiger partial charge in [0.05, 0.1) is 18.7 Å². The zero-order valence-electron chi connectivity index (χ0n) is 10.2. The van der Waals surface area contributed by atoms with Crippen LogP contribution in [0.15, 0.2) is 47.6 Å². The van der Waals surface area contributed by atoms with Gasteiger partial charge in [-0.05, 0) is 23.7 Å². The van der Waals surface area contributed by atoms with Crippen molar-refractivity contribution in [2.75, 3.05) is 13.2 Å². The largest absolute Gasteiger partial charge is 0.493 e. The van der Waals surface area contributed by atoms with Crippen LogP contribution in [0.1, 0.15) is 0 Å². The maximum Gasteiger partial charge on any atom is 0.121 e. The number of aromatic nitrogens is 1. The number of para-hydroxylation sites is 1. The van der Waals surface area contributed by atoms with Crippen molar-refractivity contribution in [3.63, 3.8) is 0 Å². The normalized spacial score (nSPS) is 10.5. The van der Waals surface area contributed by atoms with Gasteiger partial charge in [0.2, 0.25) is 0 Å². The number of benzene rings is 2. The average Bonchev–Trinajstić information content (AvgIpc) is 2.81. The average molecular weight is 252 g/mol. The lowest BCUT2D eigenvalue weighted by Crippen LogP contribution is -1.99. The van der Waals surface area contributed by atoms with Crippen molar-refractivity contribution >= 4 is 21.8 Å². The molecule has 0 aliphatic carbocycles. The summed E-state index contributed by atoms with van der Waals surface area (Å²) in [6, 6.07) is 14.1. The van der Waals surface area contributed by atoms with Crippen LogP contribution in [-0.4, -0.2) is 18.1 Å². The molecule has 0 aliphatic heterocycles. The number of nitrogens with one attached hydrogen (secondary N) is 1. The van der Waals surface area contributed by atoms with Crippen molar-refractivity contribution in [1.82, 2.24) is 4.98 Å². The lowest BCUT2D eigenvalue weighted by molar-refractivity contribution is 0.328. The molecule has 1 heterocycles.